The van der Waals surface area contributed by atoms with Crippen LogP contribution in [0, 0.1) is 0 Å². The quantitative estimate of drug-likeness (QED) is 0.0716. The highest BCUT2D eigenvalue weighted by Crippen LogP contribution is 2.65. The van der Waals surface area contributed by atoms with Gasteiger partial charge in [-0.25, -0.2) is 0 Å². The van der Waals surface area contributed by atoms with Gasteiger partial charge in [0.15, 0.2) is 0 Å². The topological polar surface area (TPSA) is 0 Å². The molecule has 2 rings (SSSR count). The molecule has 0 aromatic heterocycles. The molecular weight excluding hydrogens is 567 g/mol. The van der Waals surface area contributed by atoms with Crippen LogP contribution < -0.4 is 17.0 Å². The van der Waals surface area contributed by atoms with Gasteiger partial charge >= 0.3 is 0 Å². The summed E-state index contributed by atoms with van der Waals surface area (Å²) in [5.74, 6) is 0. The number of unbranched alkanes of at least 4 members (excludes halogenated alkanes) is 18. The number of hydrogen-bond acceptors (Lipinski definition) is 0. The van der Waals surface area contributed by atoms with Gasteiger partial charge in [-0.15, -0.1) is 0 Å². The van der Waals surface area contributed by atoms with Gasteiger partial charge in [0, 0.05) is 7.26 Å². The summed E-state index contributed by atoms with van der Waals surface area (Å²) in [5.41, 5.74) is 3.17. The third-order valence-electron chi connectivity index (χ3n) is 8.69. The van der Waals surface area contributed by atoms with Gasteiger partial charge in [-0.1, -0.05) is 177 Å². The van der Waals surface area contributed by atoms with Crippen molar-refractivity contribution in [3.05, 3.63) is 71.8 Å². The summed E-state index contributed by atoms with van der Waals surface area (Å²) in [6.45, 7) is 4.63. The summed E-state index contributed by atoms with van der Waals surface area (Å²) < 4.78 is 0. The number of halogens is 1. The van der Waals surface area contributed by atoms with Crippen LogP contribution in [0.15, 0.2) is 60.7 Å². The second-order valence-electron chi connectivity index (χ2n) is 12.4. The molecule has 0 N–H and O–H groups in total. The van der Waals surface area contributed by atoms with Crippen molar-refractivity contribution < 1.29 is 17.0 Å². The smallest absolute Gasteiger partial charge is 0.0846 e. The molecule has 228 valence electrons. The highest BCUT2D eigenvalue weighted by Gasteiger charge is 2.36. The number of rotatable bonds is 26. The van der Waals surface area contributed by atoms with Crippen LogP contribution in [0.5, 0.6) is 0 Å². The lowest BCUT2D eigenvalue weighted by atomic mass is 10.1. The Hall–Kier alpha value is -0.650. The molecule has 0 unspecified atom stereocenters. The van der Waals surface area contributed by atoms with Crippen molar-refractivity contribution in [3.8, 4) is 0 Å². The van der Waals surface area contributed by atoms with Crippen LogP contribution in [0.3, 0.4) is 0 Å². The summed E-state index contributed by atoms with van der Waals surface area (Å²) in [6, 6.07) is 23.0. The SMILES string of the molecule is CCCCCCCCCCCC[P+](CCCCCCCCCCCC)(Cc1ccccc1)Cc1ccccc1.[Br-]. The maximum atomic E-state index is 2.40. The molecule has 0 spiro atoms. The predicted octanol–water partition coefficient (Wildman–Crippen LogP) is 10.3. The molecule has 0 aliphatic carbocycles. The molecule has 0 saturated heterocycles. The van der Waals surface area contributed by atoms with E-state index in [1.807, 2.05) is 0 Å². The molecule has 0 amide bonds. The molecular formula is C38H64BrP. The van der Waals surface area contributed by atoms with Gasteiger partial charge < -0.3 is 17.0 Å². The maximum Gasteiger partial charge on any atom is 0.0846 e. The first-order valence-corrected chi connectivity index (χ1v) is 19.7. The van der Waals surface area contributed by atoms with Crippen LogP contribution in [-0.2, 0) is 12.3 Å². The molecule has 0 heterocycles. The van der Waals surface area contributed by atoms with Gasteiger partial charge in [-0.05, 0) is 36.8 Å². The van der Waals surface area contributed by atoms with E-state index in [9.17, 15) is 0 Å². The Morgan fingerprint density at radius 1 is 0.375 bits per heavy atom. The first-order valence-electron chi connectivity index (χ1n) is 17.2. The Morgan fingerprint density at radius 2 is 0.650 bits per heavy atom. The maximum absolute atomic E-state index is 2.40. The Kier molecular flexibility index (Phi) is 24.3. The van der Waals surface area contributed by atoms with E-state index in [2.05, 4.69) is 74.5 Å². The van der Waals surface area contributed by atoms with Crippen molar-refractivity contribution >= 4 is 7.26 Å². The first kappa shape index (κ1) is 37.4. The largest absolute Gasteiger partial charge is 1.00 e. The van der Waals surface area contributed by atoms with Crippen LogP contribution in [0.25, 0.3) is 0 Å². The molecule has 2 heteroatoms. The van der Waals surface area contributed by atoms with Gasteiger partial charge in [0.05, 0.1) is 24.6 Å². The van der Waals surface area contributed by atoms with Crippen molar-refractivity contribution in [1.29, 1.82) is 0 Å². The number of benzene rings is 2. The van der Waals surface area contributed by atoms with Crippen molar-refractivity contribution in [2.24, 2.45) is 0 Å². The molecule has 40 heavy (non-hydrogen) atoms. The fraction of sp³-hybridized carbons (Fsp3) is 0.684. The summed E-state index contributed by atoms with van der Waals surface area (Å²) in [7, 11) is -1.09. The van der Waals surface area contributed by atoms with Crippen LogP contribution in [-0.4, -0.2) is 12.3 Å². The minimum absolute atomic E-state index is 0. The van der Waals surface area contributed by atoms with Crippen LogP contribution in [0.4, 0.5) is 0 Å². The van der Waals surface area contributed by atoms with E-state index in [4.69, 9.17) is 0 Å². The van der Waals surface area contributed by atoms with Gasteiger partial charge in [0.1, 0.15) is 0 Å². The van der Waals surface area contributed by atoms with E-state index in [1.54, 1.807) is 11.1 Å². The second kappa shape index (κ2) is 26.0. The third-order valence-corrected chi connectivity index (χ3v) is 13.3. The molecule has 0 fully saturated rings. The van der Waals surface area contributed by atoms with Crippen LogP contribution in [0.1, 0.15) is 153 Å². The summed E-state index contributed by atoms with van der Waals surface area (Å²) >= 11 is 0. The van der Waals surface area contributed by atoms with E-state index < -0.39 is 7.26 Å². The summed E-state index contributed by atoms with van der Waals surface area (Å²) in [5, 5.41) is 0. The van der Waals surface area contributed by atoms with E-state index >= 15 is 0 Å². The second-order valence-corrected chi connectivity index (χ2v) is 16.7. The average Bonchev–Trinajstić information content (AvgIpc) is 2.96. The normalized spacial score (nSPS) is 11.4. The zero-order chi connectivity index (χ0) is 27.7. The van der Waals surface area contributed by atoms with Gasteiger partial charge in [0.25, 0.3) is 0 Å². The van der Waals surface area contributed by atoms with Gasteiger partial charge in [0.2, 0.25) is 0 Å². The summed E-state index contributed by atoms with van der Waals surface area (Å²) in [4.78, 5) is 0. The van der Waals surface area contributed by atoms with Crippen LogP contribution in [0.2, 0.25) is 0 Å². The van der Waals surface area contributed by atoms with Crippen LogP contribution >= 0.6 is 7.26 Å². The standard InChI is InChI=1S/C38H64P.BrH/c1-3-5-7-9-11-13-15-17-19-27-33-39(35-37-29-23-21-24-30-37,36-38-31-25-22-26-32-38)34-28-20-18-16-14-12-10-8-6-4-2;/h21-26,29-32H,3-20,27-28,33-36H2,1-2H3;1H/q+1;/p-1. The van der Waals surface area contributed by atoms with E-state index in [-0.39, 0.29) is 17.0 Å². The number of hydrogen-bond donors (Lipinski definition) is 0. The molecule has 0 radical (unpaired) electrons. The van der Waals surface area contributed by atoms with E-state index in [1.165, 1.54) is 153 Å². The Balaban J connectivity index is 0.00000800. The Bertz CT molecular complexity index is 707. The third kappa shape index (κ3) is 18.7. The lowest BCUT2D eigenvalue weighted by molar-refractivity contribution is -0.00000853. The lowest BCUT2D eigenvalue weighted by Gasteiger charge is -2.29. The molecule has 0 saturated carbocycles. The van der Waals surface area contributed by atoms with Gasteiger partial charge in [-0.3, -0.25) is 0 Å². The van der Waals surface area contributed by atoms with E-state index in [0.29, 0.717) is 0 Å². The van der Waals surface area contributed by atoms with Crippen molar-refractivity contribution in [2.75, 3.05) is 12.3 Å². The molecule has 2 aromatic rings. The minimum Gasteiger partial charge on any atom is -1.00 e. The average molecular weight is 632 g/mol. The van der Waals surface area contributed by atoms with Gasteiger partial charge in [-0.2, -0.15) is 0 Å². The fourth-order valence-electron chi connectivity index (χ4n) is 6.29. The lowest BCUT2D eigenvalue weighted by Crippen LogP contribution is -3.00. The molecule has 2 aromatic carbocycles. The van der Waals surface area contributed by atoms with Crippen molar-refractivity contribution in [2.45, 2.75) is 155 Å². The predicted molar refractivity (Wildman–Crippen MR) is 181 cm³/mol. The molecule has 0 nitrogen and oxygen atoms in total. The fourth-order valence-corrected chi connectivity index (χ4v) is 11.0. The molecule has 0 aliphatic rings. The zero-order valence-corrected chi connectivity index (χ0v) is 29.0. The monoisotopic (exact) mass is 630 g/mol. The summed E-state index contributed by atoms with van der Waals surface area (Å²) in [6.07, 6.45) is 34.4. The molecule has 0 bridgehead atoms. The molecule has 0 atom stereocenters. The van der Waals surface area contributed by atoms with Crippen molar-refractivity contribution in [3.63, 3.8) is 0 Å². The Labute approximate surface area is 262 Å². The minimum atomic E-state index is -1.09. The first-order chi connectivity index (χ1) is 19.3. The highest BCUT2D eigenvalue weighted by molar-refractivity contribution is 7.74. The van der Waals surface area contributed by atoms with E-state index in [0.717, 1.165) is 0 Å². The van der Waals surface area contributed by atoms with Crippen molar-refractivity contribution in [1.82, 2.24) is 0 Å². The zero-order valence-electron chi connectivity index (χ0n) is 26.6. The molecule has 0 aliphatic heterocycles. The Morgan fingerprint density at radius 3 is 0.950 bits per heavy atom. The highest BCUT2D eigenvalue weighted by atomic mass is 79.9.